The fraction of sp³-hybridized carbons (Fsp3) is 0.0909. The van der Waals surface area contributed by atoms with Crippen molar-refractivity contribution in [1.29, 1.82) is 0 Å². The zero-order valence-corrected chi connectivity index (χ0v) is 12.5. The van der Waals surface area contributed by atoms with Gasteiger partial charge in [0.05, 0.1) is 0 Å². The van der Waals surface area contributed by atoms with Gasteiger partial charge in [-0.05, 0) is 33.6 Å². The third kappa shape index (κ3) is 3.40. The molecule has 0 saturated heterocycles. The lowest BCUT2D eigenvalue weighted by molar-refractivity contribution is 0.291. The maximum atomic E-state index is 5.84. The van der Waals surface area contributed by atoms with E-state index in [-0.39, 0.29) is 0 Å². The Balaban J connectivity index is 2.10. The number of halogens is 3. The van der Waals surface area contributed by atoms with Crippen molar-refractivity contribution in [2.24, 2.45) is 0 Å². The van der Waals surface area contributed by atoms with Crippen LogP contribution in [0.25, 0.3) is 0 Å². The summed E-state index contributed by atoms with van der Waals surface area (Å²) in [6.07, 6.45) is 1.36. The van der Waals surface area contributed by atoms with E-state index in [2.05, 4.69) is 41.8 Å². The Hall–Kier alpha value is -0.650. The maximum absolute atomic E-state index is 5.84. The molecule has 0 amide bonds. The Labute approximate surface area is 120 Å². The largest absolute Gasteiger partial charge is 0.472 e. The highest BCUT2D eigenvalue weighted by molar-refractivity contribution is 9.10. The molecular formula is C11H7Br2ClN2O. The van der Waals surface area contributed by atoms with Gasteiger partial charge in [0.15, 0.2) is 5.15 Å². The number of rotatable bonds is 3. The van der Waals surface area contributed by atoms with Crippen molar-refractivity contribution >= 4 is 43.5 Å². The minimum Gasteiger partial charge on any atom is -0.472 e. The molecule has 0 fully saturated rings. The number of hydrogen-bond donors (Lipinski definition) is 0. The molecule has 3 nitrogen and oxygen atoms in total. The third-order valence-electron chi connectivity index (χ3n) is 1.98. The molecule has 2 aromatic rings. The summed E-state index contributed by atoms with van der Waals surface area (Å²) in [6.45, 7) is 0.422. The highest BCUT2D eigenvalue weighted by Crippen LogP contribution is 2.28. The summed E-state index contributed by atoms with van der Waals surface area (Å²) in [5.41, 5.74) is 1.04. The standard InChI is InChI=1S/C11H7Br2ClN2O/c12-8-3-1-2-7(4-8)5-17-11-9(13)10(14)15-6-16-11/h1-4,6H,5H2. The van der Waals surface area contributed by atoms with E-state index >= 15 is 0 Å². The van der Waals surface area contributed by atoms with E-state index in [4.69, 9.17) is 16.3 Å². The van der Waals surface area contributed by atoms with E-state index in [9.17, 15) is 0 Å². The van der Waals surface area contributed by atoms with Crippen LogP contribution in [0.3, 0.4) is 0 Å². The first kappa shape index (κ1) is 12.8. The molecule has 0 aliphatic heterocycles. The van der Waals surface area contributed by atoms with Crippen LogP contribution in [0.15, 0.2) is 39.5 Å². The average molecular weight is 378 g/mol. The maximum Gasteiger partial charge on any atom is 0.233 e. The lowest BCUT2D eigenvalue weighted by atomic mass is 10.2. The molecular weight excluding hydrogens is 371 g/mol. The molecule has 0 atom stereocenters. The van der Waals surface area contributed by atoms with E-state index in [1.807, 2.05) is 24.3 Å². The topological polar surface area (TPSA) is 35.0 Å². The molecule has 0 aliphatic rings. The van der Waals surface area contributed by atoms with E-state index in [0.29, 0.717) is 22.1 Å². The van der Waals surface area contributed by atoms with Gasteiger partial charge in [-0.25, -0.2) is 9.97 Å². The number of benzene rings is 1. The molecule has 1 heterocycles. The minimum absolute atomic E-state index is 0.337. The first-order valence-corrected chi connectivity index (χ1v) is 6.66. The highest BCUT2D eigenvalue weighted by Gasteiger charge is 2.07. The Morgan fingerprint density at radius 2 is 2.06 bits per heavy atom. The smallest absolute Gasteiger partial charge is 0.233 e. The normalized spacial score (nSPS) is 10.3. The van der Waals surface area contributed by atoms with Crippen molar-refractivity contribution in [3.05, 3.63) is 50.3 Å². The van der Waals surface area contributed by atoms with Gasteiger partial charge in [-0.2, -0.15) is 0 Å². The van der Waals surface area contributed by atoms with Crippen LogP contribution < -0.4 is 4.74 Å². The van der Waals surface area contributed by atoms with Gasteiger partial charge in [0, 0.05) is 4.47 Å². The first-order chi connectivity index (χ1) is 8.16. The van der Waals surface area contributed by atoms with Crippen LogP contribution in [0.1, 0.15) is 5.56 Å². The molecule has 0 spiro atoms. The van der Waals surface area contributed by atoms with Gasteiger partial charge < -0.3 is 4.74 Å². The minimum atomic E-state index is 0.337. The van der Waals surface area contributed by atoms with Crippen molar-refractivity contribution in [3.8, 4) is 5.88 Å². The van der Waals surface area contributed by atoms with E-state index < -0.39 is 0 Å². The molecule has 0 N–H and O–H groups in total. The van der Waals surface area contributed by atoms with Crippen molar-refractivity contribution in [2.75, 3.05) is 0 Å². The molecule has 0 aliphatic carbocycles. The lowest BCUT2D eigenvalue weighted by Gasteiger charge is -2.07. The van der Waals surface area contributed by atoms with Gasteiger partial charge in [0.2, 0.25) is 5.88 Å². The van der Waals surface area contributed by atoms with Crippen LogP contribution in [0.5, 0.6) is 5.88 Å². The van der Waals surface area contributed by atoms with Crippen molar-refractivity contribution in [3.63, 3.8) is 0 Å². The second-order valence-electron chi connectivity index (χ2n) is 3.20. The summed E-state index contributed by atoms with van der Waals surface area (Å²) < 4.78 is 7.13. The Morgan fingerprint density at radius 3 is 2.82 bits per heavy atom. The SMILES string of the molecule is Clc1ncnc(OCc2cccc(Br)c2)c1Br. The van der Waals surface area contributed by atoms with E-state index in [1.165, 1.54) is 6.33 Å². The number of ether oxygens (including phenoxy) is 1. The summed E-state index contributed by atoms with van der Waals surface area (Å²) >= 11 is 12.5. The van der Waals surface area contributed by atoms with Crippen LogP contribution in [0.4, 0.5) is 0 Å². The van der Waals surface area contributed by atoms with Crippen molar-refractivity contribution < 1.29 is 4.74 Å². The van der Waals surface area contributed by atoms with Crippen molar-refractivity contribution in [1.82, 2.24) is 9.97 Å². The fourth-order valence-corrected chi connectivity index (χ4v) is 2.10. The lowest BCUT2D eigenvalue weighted by Crippen LogP contribution is -1.98. The monoisotopic (exact) mass is 376 g/mol. The summed E-state index contributed by atoms with van der Waals surface area (Å²) in [5.74, 6) is 0.435. The van der Waals surface area contributed by atoms with Crippen molar-refractivity contribution in [2.45, 2.75) is 6.61 Å². The molecule has 2 rings (SSSR count). The number of hydrogen-bond acceptors (Lipinski definition) is 3. The van der Waals surface area contributed by atoms with Gasteiger partial charge >= 0.3 is 0 Å². The van der Waals surface area contributed by atoms with Crippen LogP contribution in [0, 0.1) is 0 Å². The van der Waals surface area contributed by atoms with Gasteiger partial charge in [-0.1, -0.05) is 39.7 Å². The van der Waals surface area contributed by atoms with Crippen LogP contribution >= 0.6 is 43.5 Å². The summed E-state index contributed by atoms with van der Waals surface area (Å²) in [4.78, 5) is 7.83. The Bertz CT molecular complexity index is 537. The van der Waals surface area contributed by atoms with Gasteiger partial charge in [-0.15, -0.1) is 0 Å². The summed E-state index contributed by atoms with van der Waals surface area (Å²) in [6, 6.07) is 7.86. The predicted molar refractivity (Wildman–Crippen MR) is 73.2 cm³/mol. The predicted octanol–water partition coefficient (Wildman–Crippen LogP) is 4.23. The van der Waals surface area contributed by atoms with E-state index in [1.54, 1.807) is 0 Å². The second kappa shape index (κ2) is 5.80. The molecule has 0 radical (unpaired) electrons. The molecule has 0 saturated carbocycles. The summed E-state index contributed by atoms with van der Waals surface area (Å²) in [7, 11) is 0. The quantitative estimate of drug-likeness (QED) is 0.750. The molecule has 88 valence electrons. The number of nitrogens with zero attached hydrogens (tertiary/aromatic N) is 2. The van der Waals surface area contributed by atoms with Gasteiger partial charge in [0.25, 0.3) is 0 Å². The molecule has 0 bridgehead atoms. The highest BCUT2D eigenvalue weighted by atomic mass is 79.9. The summed E-state index contributed by atoms with van der Waals surface area (Å²) in [5, 5.41) is 0.337. The Kier molecular flexibility index (Phi) is 4.36. The second-order valence-corrected chi connectivity index (χ2v) is 5.27. The zero-order chi connectivity index (χ0) is 12.3. The first-order valence-electron chi connectivity index (χ1n) is 4.70. The molecule has 0 unspecified atom stereocenters. The zero-order valence-electron chi connectivity index (χ0n) is 8.53. The van der Waals surface area contributed by atoms with Crippen LogP contribution in [-0.2, 0) is 6.61 Å². The third-order valence-corrected chi connectivity index (χ3v) is 3.70. The average Bonchev–Trinajstić information content (AvgIpc) is 2.31. The van der Waals surface area contributed by atoms with Gasteiger partial charge in [0.1, 0.15) is 17.4 Å². The molecule has 17 heavy (non-hydrogen) atoms. The molecule has 1 aromatic carbocycles. The van der Waals surface area contributed by atoms with Crippen LogP contribution in [0.2, 0.25) is 5.15 Å². The van der Waals surface area contributed by atoms with Gasteiger partial charge in [-0.3, -0.25) is 0 Å². The van der Waals surface area contributed by atoms with Crippen LogP contribution in [-0.4, -0.2) is 9.97 Å². The Morgan fingerprint density at radius 1 is 1.24 bits per heavy atom. The molecule has 6 heteroatoms. The fourth-order valence-electron chi connectivity index (χ4n) is 1.21. The van der Waals surface area contributed by atoms with E-state index in [0.717, 1.165) is 10.0 Å². The molecule has 1 aromatic heterocycles. The number of aromatic nitrogens is 2.